The maximum Gasteiger partial charge on any atom is 0.326 e. The molecule has 0 aliphatic rings. The number of nitrogens with two attached hydrogens (primary N) is 1. The summed E-state index contributed by atoms with van der Waals surface area (Å²) in [6.07, 6.45) is 1.13. The molecule has 2 aromatic rings. The molecule has 12 nitrogen and oxygen atoms in total. The normalized spacial score (nSPS) is 13.6. The summed E-state index contributed by atoms with van der Waals surface area (Å²) in [5.41, 5.74) is 7.64. The number of hydrogen-bond acceptors (Lipinski definition) is 6. The van der Waals surface area contributed by atoms with Crippen molar-refractivity contribution in [2.24, 2.45) is 11.7 Å². The number of H-pyrrole nitrogens is 1. The van der Waals surface area contributed by atoms with Gasteiger partial charge in [0, 0.05) is 17.1 Å². The summed E-state index contributed by atoms with van der Waals surface area (Å²) in [5.74, 6) is -5.39. The number of benzene rings is 1. The van der Waals surface area contributed by atoms with Crippen LogP contribution < -0.4 is 21.7 Å². The van der Waals surface area contributed by atoms with Gasteiger partial charge in [-0.2, -0.15) is 0 Å². The molecule has 12 heteroatoms. The molecule has 1 heterocycles. The first-order valence-corrected chi connectivity index (χ1v) is 10.6. The van der Waals surface area contributed by atoms with E-state index in [-0.39, 0.29) is 6.42 Å². The van der Waals surface area contributed by atoms with Gasteiger partial charge in [-0.15, -0.1) is 0 Å². The predicted octanol–water partition coefficient (Wildman–Crippen LogP) is -0.661. The summed E-state index contributed by atoms with van der Waals surface area (Å²) in [5, 5.41) is 25.9. The van der Waals surface area contributed by atoms with Crippen LogP contribution in [0.25, 0.3) is 10.9 Å². The molecule has 8 N–H and O–H groups in total. The molecule has 0 fully saturated rings. The molecule has 0 saturated heterocycles. The van der Waals surface area contributed by atoms with Crippen LogP contribution in [-0.4, -0.2) is 69.5 Å². The van der Waals surface area contributed by atoms with Crippen molar-refractivity contribution in [3.8, 4) is 0 Å². The van der Waals surface area contributed by atoms with Gasteiger partial charge >= 0.3 is 11.9 Å². The number of carboxylic acid groups (broad SMARTS) is 2. The average Bonchev–Trinajstić information content (AvgIpc) is 3.17. The quantitative estimate of drug-likeness (QED) is 0.209. The lowest BCUT2D eigenvalue weighted by Crippen LogP contribution is -2.54. The van der Waals surface area contributed by atoms with Crippen molar-refractivity contribution in [2.45, 2.75) is 44.8 Å². The molecule has 0 bridgehead atoms. The number of nitrogens with one attached hydrogen (secondary N) is 4. The molecule has 3 atom stereocenters. The highest BCUT2D eigenvalue weighted by Gasteiger charge is 2.28. The van der Waals surface area contributed by atoms with E-state index in [9.17, 15) is 24.0 Å². The van der Waals surface area contributed by atoms with Crippen molar-refractivity contribution < 1.29 is 34.2 Å². The van der Waals surface area contributed by atoms with E-state index in [1.807, 2.05) is 24.3 Å². The summed E-state index contributed by atoms with van der Waals surface area (Å²) >= 11 is 0. The lowest BCUT2D eigenvalue weighted by atomic mass is 10.0. The van der Waals surface area contributed by atoms with Crippen LogP contribution in [-0.2, 0) is 30.4 Å². The number of para-hydroxylation sites is 1. The summed E-state index contributed by atoms with van der Waals surface area (Å²) < 4.78 is 0. The number of amides is 3. The summed E-state index contributed by atoms with van der Waals surface area (Å²) in [6.45, 7) is 2.62. The maximum absolute atomic E-state index is 12.6. The van der Waals surface area contributed by atoms with Gasteiger partial charge in [-0.1, -0.05) is 32.0 Å². The van der Waals surface area contributed by atoms with Gasteiger partial charge in [0.25, 0.3) is 0 Å². The van der Waals surface area contributed by atoms with Crippen molar-refractivity contribution in [3.05, 3.63) is 36.0 Å². The van der Waals surface area contributed by atoms with Gasteiger partial charge in [0.1, 0.15) is 12.1 Å². The first-order valence-electron chi connectivity index (χ1n) is 10.6. The van der Waals surface area contributed by atoms with Gasteiger partial charge in [0.2, 0.25) is 17.7 Å². The lowest BCUT2D eigenvalue weighted by Gasteiger charge is -2.20. The molecule has 0 radical (unpaired) electrons. The van der Waals surface area contributed by atoms with Crippen molar-refractivity contribution in [2.75, 3.05) is 6.54 Å². The summed E-state index contributed by atoms with van der Waals surface area (Å²) in [4.78, 5) is 62.5. The van der Waals surface area contributed by atoms with Crippen LogP contribution in [0.2, 0.25) is 0 Å². The van der Waals surface area contributed by atoms with Crippen LogP contribution in [0.1, 0.15) is 25.8 Å². The Bertz CT molecular complexity index is 1060. The van der Waals surface area contributed by atoms with Crippen LogP contribution in [0.3, 0.4) is 0 Å². The van der Waals surface area contributed by atoms with Crippen LogP contribution in [0.5, 0.6) is 0 Å². The third-order valence-corrected chi connectivity index (χ3v) is 5.14. The molecule has 0 aliphatic carbocycles. The molecule has 34 heavy (non-hydrogen) atoms. The zero-order valence-corrected chi connectivity index (χ0v) is 18.8. The average molecular weight is 476 g/mol. The molecule has 3 unspecified atom stereocenters. The number of rotatable bonds is 12. The Labute approximate surface area is 195 Å². The molecule has 0 saturated carbocycles. The van der Waals surface area contributed by atoms with Gasteiger partial charge in [-0.3, -0.25) is 19.2 Å². The van der Waals surface area contributed by atoms with Crippen LogP contribution >= 0.6 is 0 Å². The number of carboxylic acids is 2. The maximum atomic E-state index is 12.6. The molecule has 0 spiro atoms. The number of carbonyl (C=O) groups excluding carboxylic acids is 3. The number of carbonyl (C=O) groups is 5. The second-order valence-corrected chi connectivity index (χ2v) is 8.17. The Morgan fingerprint density at radius 1 is 1.03 bits per heavy atom. The van der Waals surface area contributed by atoms with Crippen molar-refractivity contribution >= 4 is 40.6 Å². The van der Waals surface area contributed by atoms with Crippen LogP contribution in [0.4, 0.5) is 0 Å². The Hall–Kier alpha value is -3.93. The number of aromatic nitrogens is 1. The van der Waals surface area contributed by atoms with Crippen molar-refractivity contribution in [3.63, 3.8) is 0 Å². The second-order valence-electron chi connectivity index (χ2n) is 8.17. The van der Waals surface area contributed by atoms with E-state index in [1.165, 1.54) is 0 Å². The Kier molecular flexibility index (Phi) is 9.13. The highest BCUT2D eigenvalue weighted by molar-refractivity contribution is 5.94. The standard InChI is InChI=1S/C22H29N5O7/c1-11(2)19(22(33)34)27-17(28)10-25-21(32)16(8-18(29)30)26-20(31)14(23)7-12-9-24-15-6-4-3-5-13(12)15/h3-6,9,11,14,16,19,24H,7-8,10,23H2,1-2H3,(H,25,32)(H,26,31)(H,27,28)(H,29,30)(H,33,34). The van der Waals surface area contributed by atoms with Gasteiger partial charge in [0.05, 0.1) is 19.0 Å². The number of aromatic amines is 1. The third-order valence-electron chi connectivity index (χ3n) is 5.14. The minimum Gasteiger partial charge on any atom is -0.481 e. The zero-order chi connectivity index (χ0) is 25.4. The van der Waals surface area contributed by atoms with E-state index in [2.05, 4.69) is 20.9 Å². The monoisotopic (exact) mass is 475 g/mol. The molecule has 1 aromatic heterocycles. The molecular formula is C22H29N5O7. The Morgan fingerprint density at radius 3 is 2.32 bits per heavy atom. The van der Waals surface area contributed by atoms with Gasteiger partial charge < -0.3 is 36.9 Å². The fraction of sp³-hybridized carbons (Fsp3) is 0.409. The second kappa shape index (κ2) is 11.8. The fourth-order valence-electron chi connectivity index (χ4n) is 3.32. The third kappa shape index (κ3) is 7.30. The SMILES string of the molecule is CC(C)C(NC(=O)CNC(=O)C(CC(=O)O)NC(=O)C(N)Cc1c[nH]c2ccccc12)C(=O)O. The largest absolute Gasteiger partial charge is 0.481 e. The number of fused-ring (bicyclic) bond motifs is 1. The van der Waals surface area contributed by atoms with Gasteiger partial charge in [-0.05, 0) is 24.0 Å². The van der Waals surface area contributed by atoms with E-state index in [0.29, 0.717) is 0 Å². The molecule has 2 rings (SSSR count). The zero-order valence-electron chi connectivity index (χ0n) is 18.8. The van der Waals surface area contributed by atoms with Crippen LogP contribution in [0, 0.1) is 5.92 Å². The predicted molar refractivity (Wildman–Crippen MR) is 122 cm³/mol. The highest BCUT2D eigenvalue weighted by atomic mass is 16.4. The molecule has 184 valence electrons. The van der Waals surface area contributed by atoms with E-state index < -0.39 is 66.7 Å². The minimum absolute atomic E-state index is 0.144. The van der Waals surface area contributed by atoms with Crippen LogP contribution in [0.15, 0.2) is 30.5 Å². The van der Waals surface area contributed by atoms with E-state index in [0.717, 1.165) is 16.5 Å². The Balaban J connectivity index is 1.97. The number of hydrogen-bond donors (Lipinski definition) is 7. The topological polar surface area (TPSA) is 204 Å². The minimum atomic E-state index is -1.48. The van der Waals surface area contributed by atoms with E-state index in [1.54, 1.807) is 20.0 Å². The number of aliphatic carboxylic acids is 2. The lowest BCUT2D eigenvalue weighted by molar-refractivity contribution is -0.143. The van der Waals surface area contributed by atoms with Gasteiger partial charge in [-0.25, -0.2) is 4.79 Å². The summed E-state index contributed by atoms with van der Waals surface area (Å²) in [7, 11) is 0. The first kappa shape index (κ1) is 26.3. The molecule has 3 amide bonds. The first-order chi connectivity index (χ1) is 16.0. The molecule has 0 aliphatic heterocycles. The molecular weight excluding hydrogens is 446 g/mol. The van der Waals surface area contributed by atoms with E-state index in [4.69, 9.17) is 15.9 Å². The van der Waals surface area contributed by atoms with E-state index >= 15 is 0 Å². The fourth-order valence-corrected chi connectivity index (χ4v) is 3.32. The molecule has 1 aromatic carbocycles. The highest BCUT2D eigenvalue weighted by Crippen LogP contribution is 2.18. The smallest absolute Gasteiger partial charge is 0.326 e. The van der Waals surface area contributed by atoms with Crippen molar-refractivity contribution in [1.29, 1.82) is 0 Å². The Morgan fingerprint density at radius 2 is 1.71 bits per heavy atom. The van der Waals surface area contributed by atoms with Gasteiger partial charge in [0.15, 0.2) is 0 Å². The van der Waals surface area contributed by atoms with Crippen molar-refractivity contribution in [1.82, 2.24) is 20.9 Å². The summed E-state index contributed by atoms with van der Waals surface area (Å²) in [6, 6.07) is 3.74.